The highest BCUT2D eigenvalue weighted by atomic mass is 35.5. The van der Waals surface area contributed by atoms with E-state index >= 15 is 4.39 Å². The molecule has 4 aromatic carbocycles. The number of nitrogens with one attached hydrogen (secondary N) is 1. The molecule has 0 bridgehead atoms. The Morgan fingerprint density at radius 2 is 1.30 bits per heavy atom. The lowest BCUT2D eigenvalue weighted by Crippen LogP contribution is -2.36. The number of rotatable bonds is 4. The number of ether oxygens (including phenoxy) is 2. The Kier molecular flexibility index (Phi) is 13.6. The van der Waals surface area contributed by atoms with Crippen molar-refractivity contribution in [3.05, 3.63) is 179 Å². The fraction of sp³-hybridized carbons (Fsp3) is 0.159. The van der Waals surface area contributed by atoms with Crippen molar-refractivity contribution in [2.24, 2.45) is 15.8 Å². The van der Waals surface area contributed by atoms with Gasteiger partial charge in [-0.05, 0) is 47.5 Å². The molecular formula is C44H37ClF4N8O4. The maximum Gasteiger partial charge on any atom is 0.222 e. The van der Waals surface area contributed by atoms with Crippen LogP contribution in [0.2, 0.25) is 0 Å². The Bertz CT molecular complexity index is 2620. The summed E-state index contributed by atoms with van der Waals surface area (Å²) in [5, 5.41) is 12.6. The molecule has 12 nitrogen and oxygen atoms in total. The van der Waals surface area contributed by atoms with Crippen molar-refractivity contribution in [3.8, 4) is 33.8 Å². The van der Waals surface area contributed by atoms with Crippen molar-refractivity contribution in [2.75, 3.05) is 14.1 Å². The summed E-state index contributed by atoms with van der Waals surface area (Å²) in [5.41, 5.74) is 9.96. The van der Waals surface area contributed by atoms with Crippen LogP contribution in [-0.2, 0) is 10.6 Å². The fourth-order valence-electron chi connectivity index (χ4n) is 7.06. The summed E-state index contributed by atoms with van der Waals surface area (Å²) in [5.74, 6) is -2.05. The maximum atomic E-state index is 15.0. The molecule has 1 spiro atoms. The predicted octanol–water partition coefficient (Wildman–Crippen LogP) is 9.09. The van der Waals surface area contributed by atoms with Gasteiger partial charge in [-0.25, -0.2) is 39.1 Å². The number of nitrogens with two attached hydrogens (primary N) is 1. The molecule has 3 aliphatic heterocycles. The summed E-state index contributed by atoms with van der Waals surface area (Å²) < 4.78 is 70.1. The highest BCUT2D eigenvalue weighted by Gasteiger charge is 2.49. The molecule has 4 N–H and O–H groups in total. The highest BCUT2D eigenvalue weighted by molar-refractivity contribution is 6.05. The molecule has 0 aliphatic carbocycles. The summed E-state index contributed by atoms with van der Waals surface area (Å²) in [6, 6.07) is 30.4. The van der Waals surface area contributed by atoms with Gasteiger partial charge in [0.25, 0.3) is 0 Å². The van der Waals surface area contributed by atoms with Crippen molar-refractivity contribution in [1.82, 2.24) is 20.5 Å². The second-order valence-corrected chi connectivity index (χ2v) is 13.5. The van der Waals surface area contributed by atoms with Crippen LogP contribution in [0, 0.1) is 30.1 Å². The number of hydroxylamine groups is 3. The molecular weight excluding hydrogens is 816 g/mol. The minimum absolute atomic E-state index is 0. The Morgan fingerprint density at radius 1 is 0.770 bits per heavy atom. The van der Waals surface area contributed by atoms with Gasteiger partial charge in [0.15, 0.2) is 0 Å². The van der Waals surface area contributed by atoms with Crippen LogP contribution >= 0.6 is 12.4 Å². The topological polar surface area (TPSA) is 144 Å². The molecule has 0 saturated heterocycles. The van der Waals surface area contributed by atoms with Crippen molar-refractivity contribution >= 4 is 24.1 Å². The number of hydrogen-bond acceptors (Lipinski definition) is 11. The SMILES string of the molecule is CN1OC2(CC(c3ccccc3)Oc3cc(F)c(-c4cccnc4F)cc32)N=C1N.CNO.Cl.[C-]#[N+]/N=C1/CC(c2ccccc2)Oc2cc(F)c(-c3cccnc3F)cc21. The van der Waals surface area contributed by atoms with Crippen molar-refractivity contribution in [1.29, 1.82) is 0 Å². The van der Waals surface area contributed by atoms with E-state index in [1.165, 1.54) is 67.0 Å². The van der Waals surface area contributed by atoms with E-state index in [4.69, 9.17) is 31.8 Å². The molecule has 17 heteroatoms. The molecule has 9 rings (SSSR count). The van der Waals surface area contributed by atoms with Gasteiger partial charge in [-0.1, -0.05) is 60.7 Å². The van der Waals surface area contributed by atoms with Crippen LogP contribution in [0.5, 0.6) is 11.5 Å². The summed E-state index contributed by atoms with van der Waals surface area (Å²) in [6.07, 6.45) is 2.48. The normalized spacial score (nSPS) is 19.0. The first-order valence-electron chi connectivity index (χ1n) is 18.4. The molecule has 2 aromatic heterocycles. The van der Waals surface area contributed by atoms with Gasteiger partial charge in [0.1, 0.15) is 41.1 Å². The molecule has 3 unspecified atom stereocenters. The van der Waals surface area contributed by atoms with Gasteiger partial charge in [-0.3, -0.25) is 0 Å². The van der Waals surface area contributed by atoms with Gasteiger partial charge in [0.05, 0.1) is 10.7 Å². The zero-order valence-corrected chi connectivity index (χ0v) is 33.3. The quantitative estimate of drug-likeness (QED) is 0.0685. The standard InChI is InChI=1S/C22H18F2N4O2.C21H13F2N3O.CH5NO.ClH/c1-28-21(25)27-22(30-28)12-19(13-6-3-2-4-7-13)29-18-11-17(23)15(10-16(18)22)14-8-5-9-26-20(14)24;1-24-26-18-12-19(13-6-3-2-4-7-13)27-20-11-17(22)15(10-16(18)20)14-8-5-9-25-21(14)23;1-2-3;/h2-11,19H,12H2,1H3,(H2,25,27);2-11,19H,12H2;2-3H,1H3;1H/b;26-18-;;. The maximum absolute atomic E-state index is 15.0. The minimum Gasteiger partial charge on any atom is -0.485 e. The number of nitrogens with zero attached hydrogens (tertiary/aromatic N) is 6. The van der Waals surface area contributed by atoms with Crippen molar-refractivity contribution in [2.45, 2.75) is 30.8 Å². The predicted molar refractivity (Wildman–Crippen MR) is 221 cm³/mol. The number of pyridine rings is 2. The summed E-state index contributed by atoms with van der Waals surface area (Å²) in [7, 11) is 3.07. The second kappa shape index (κ2) is 19.0. The third kappa shape index (κ3) is 9.15. The average Bonchev–Trinajstić information content (AvgIpc) is 3.53. The number of halogens is 5. The van der Waals surface area contributed by atoms with Crippen LogP contribution in [0.15, 0.2) is 132 Å². The zero-order chi connectivity index (χ0) is 42.4. The first-order chi connectivity index (χ1) is 29.0. The number of benzene rings is 4. The number of fused-ring (bicyclic) bond motifs is 3. The van der Waals surface area contributed by atoms with E-state index in [-0.39, 0.29) is 58.2 Å². The van der Waals surface area contributed by atoms with E-state index in [9.17, 15) is 13.2 Å². The zero-order valence-electron chi connectivity index (χ0n) is 32.5. The number of aromatic nitrogens is 2. The molecule has 0 amide bonds. The smallest absolute Gasteiger partial charge is 0.222 e. The largest absolute Gasteiger partial charge is 0.485 e. The molecule has 3 aliphatic rings. The average molecular weight is 853 g/mol. The van der Waals surface area contributed by atoms with E-state index in [0.29, 0.717) is 29.7 Å². The van der Waals surface area contributed by atoms with Gasteiger partial charge in [0.2, 0.25) is 23.6 Å². The van der Waals surface area contributed by atoms with E-state index in [2.05, 4.69) is 25.0 Å². The van der Waals surface area contributed by atoms with Crippen LogP contribution in [0.4, 0.5) is 17.6 Å². The van der Waals surface area contributed by atoms with Crippen molar-refractivity contribution < 1.29 is 37.1 Å². The van der Waals surface area contributed by atoms with Gasteiger partial charge in [0, 0.05) is 79.3 Å². The molecule has 0 fully saturated rings. The van der Waals surface area contributed by atoms with E-state index < -0.39 is 35.4 Å². The first-order valence-corrected chi connectivity index (χ1v) is 18.4. The Hall–Kier alpha value is -6.90. The van der Waals surface area contributed by atoms with Crippen LogP contribution < -0.4 is 20.7 Å². The highest BCUT2D eigenvalue weighted by Crippen LogP contribution is 2.51. The number of hydrogen-bond donors (Lipinski definition) is 3. The van der Waals surface area contributed by atoms with Crippen LogP contribution in [-0.4, -0.2) is 46.0 Å². The molecule has 5 heterocycles. The Morgan fingerprint density at radius 3 is 1.82 bits per heavy atom. The summed E-state index contributed by atoms with van der Waals surface area (Å²) in [4.78, 5) is 20.9. The molecule has 6 aromatic rings. The molecule has 3 atom stereocenters. The van der Waals surface area contributed by atoms with E-state index in [1.54, 1.807) is 18.6 Å². The molecule has 0 radical (unpaired) electrons. The second-order valence-electron chi connectivity index (χ2n) is 13.5. The first kappa shape index (κ1) is 43.7. The molecule has 0 saturated carbocycles. The third-order valence-electron chi connectivity index (χ3n) is 9.77. The molecule has 61 heavy (non-hydrogen) atoms. The monoisotopic (exact) mass is 852 g/mol. The minimum atomic E-state index is -1.21. The van der Waals surface area contributed by atoms with Gasteiger partial charge in [-0.2, -0.15) is 15.4 Å². The third-order valence-corrected chi connectivity index (χ3v) is 9.77. The van der Waals surface area contributed by atoms with Crippen LogP contribution in [0.1, 0.15) is 47.3 Å². The molecule has 312 valence electrons. The van der Waals surface area contributed by atoms with E-state index in [1.807, 2.05) is 60.7 Å². The number of guanidine groups is 1. The lowest BCUT2D eigenvalue weighted by molar-refractivity contribution is -0.191. The van der Waals surface area contributed by atoms with Gasteiger partial charge < -0.3 is 20.4 Å². The van der Waals surface area contributed by atoms with Crippen molar-refractivity contribution in [3.63, 3.8) is 0 Å². The van der Waals surface area contributed by atoms with Gasteiger partial charge >= 0.3 is 0 Å². The van der Waals surface area contributed by atoms with E-state index in [0.717, 1.165) is 11.1 Å². The Labute approximate surface area is 354 Å². The summed E-state index contributed by atoms with van der Waals surface area (Å²) >= 11 is 0. The van der Waals surface area contributed by atoms with Crippen LogP contribution in [0.25, 0.3) is 27.2 Å². The van der Waals surface area contributed by atoms with Crippen LogP contribution in [0.3, 0.4) is 0 Å². The van der Waals surface area contributed by atoms with Gasteiger partial charge in [-0.15, -0.1) is 17.4 Å². The Balaban J connectivity index is 0.000000190. The summed E-state index contributed by atoms with van der Waals surface area (Å²) in [6.45, 7) is 7.10. The number of aliphatic imine (C=N–C) groups is 1. The fourth-order valence-corrected chi connectivity index (χ4v) is 7.06. The lowest BCUT2D eigenvalue weighted by atomic mass is 9.88. The lowest BCUT2D eigenvalue weighted by Gasteiger charge is -2.37.